The van der Waals surface area contributed by atoms with Gasteiger partial charge < -0.3 is 15.5 Å². The van der Waals surface area contributed by atoms with Gasteiger partial charge >= 0.3 is 5.97 Å². The van der Waals surface area contributed by atoms with Gasteiger partial charge in [0, 0.05) is 12.6 Å². The molecule has 0 saturated carbocycles. The number of carbonyl (C=O) groups is 2. The van der Waals surface area contributed by atoms with Gasteiger partial charge in [-0.1, -0.05) is 0 Å². The predicted octanol–water partition coefficient (Wildman–Crippen LogP) is -0.243. The molecule has 116 valence electrons. The summed E-state index contributed by atoms with van der Waals surface area (Å²) in [5, 5.41) is 20.6. The molecule has 1 aromatic carbocycles. The maximum atomic E-state index is 12.0. The van der Waals surface area contributed by atoms with E-state index < -0.39 is 28.1 Å². The van der Waals surface area contributed by atoms with E-state index in [4.69, 9.17) is 5.11 Å². The Morgan fingerprint density at radius 1 is 1.19 bits per heavy atom. The number of aliphatic carboxylic acids is 1. The summed E-state index contributed by atoms with van der Waals surface area (Å²) in [4.78, 5) is 21.6. The van der Waals surface area contributed by atoms with Crippen LogP contribution in [0.15, 0.2) is 29.2 Å². The average molecular weight is 316 g/mol. The van der Waals surface area contributed by atoms with Crippen LogP contribution in [0.2, 0.25) is 0 Å². The van der Waals surface area contributed by atoms with Crippen LogP contribution in [0.4, 0.5) is 5.69 Å². The van der Waals surface area contributed by atoms with Gasteiger partial charge in [0.1, 0.15) is 6.04 Å². The van der Waals surface area contributed by atoms with Gasteiger partial charge in [-0.15, -0.1) is 0 Å². The van der Waals surface area contributed by atoms with Gasteiger partial charge in [-0.05, 0) is 31.2 Å². The Morgan fingerprint density at radius 3 is 2.10 bits per heavy atom. The first-order valence-electron chi connectivity index (χ1n) is 5.94. The van der Waals surface area contributed by atoms with Gasteiger partial charge in [0.15, 0.2) is 0 Å². The molecule has 9 heteroatoms. The number of hydrogen-bond donors (Lipinski definition) is 4. The number of anilines is 1. The van der Waals surface area contributed by atoms with Crippen molar-refractivity contribution in [3.05, 3.63) is 24.3 Å². The monoisotopic (exact) mass is 316 g/mol. The Labute approximate surface area is 121 Å². The maximum Gasteiger partial charge on any atom is 0.324 e. The summed E-state index contributed by atoms with van der Waals surface area (Å²) in [6.45, 7) is 2.48. The van der Waals surface area contributed by atoms with Crippen LogP contribution in [0, 0.1) is 0 Å². The minimum atomic E-state index is -4.10. The third kappa shape index (κ3) is 4.81. The lowest BCUT2D eigenvalue weighted by Gasteiger charge is -2.17. The van der Waals surface area contributed by atoms with E-state index in [0.717, 1.165) is 0 Å². The van der Waals surface area contributed by atoms with Crippen molar-refractivity contribution in [3.8, 4) is 0 Å². The number of rotatable bonds is 6. The van der Waals surface area contributed by atoms with Gasteiger partial charge in [0.05, 0.1) is 11.0 Å². The number of hydrogen-bond acceptors (Lipinski definition) is 5. The zero-order valence-corrected chi connectivity index (χ0v) is 12.2. The highest BCUT2D eigenvalue weighted by molar-refractivity contribution is 7.89. The molecular weight excluding hydrogens is 300 g/mol. The highest BCUT2D eigenvalue weighted by atomic mass is 32.2. The number of aliphatic hydroxyl groups is 1. The third-order valence-corrected chi connectivity index (χ3v) is 3.97. The number of amides is 1. The van der Waals surface area contributed by atoms with Crippen LogP contribution in [0.5, 0.6) is 0 Å². The van der Waals surface area contributed by atoms with Crippen molar-refractivity contribution in [2.45, 2.75) is 30.9 Å². The van der Waals surface area contributed by atoms with Crippen molar-refractivity contribution in [1.29, 1.82) is 0 Å². The van der Waals surface area contributed by atoms with Crippen molar-refractivity contribution >= 4 is 27.6 Å². The predicted molar refractivity (Wildman–Crippen MR) is 74.2 cm³/mol. The van der Waals surface area contributed by atoms with E-state index in [1.54, 1.807) is 0 Å². The molecule has 2 atom stereocenters. The summed E-state index contributed by atoms with van der Waals surface area (Å²) in [5.41, 5.74) is 0.409. The molecule has 0 bridgehead atoms. The second kappa shape index (κ2) is 6.66. The number of carboxylic acid groups (broad SMARTS) is 1. The van der Waals surface area contributed by atoms with E-state index in [1.165, 1.54) is 38.1 Å². The molecule has 0 unspecified atom stereocenters. The fourth-order valence-electron chi connectivity index (χ4n) is 1.51. The van der Waals surface area contributed by atoms with Crippen molar-refractivity contribution in [2.75, 3.05) is 5.32 Å². The molecule has 0 fully saturated rings. The summed E-state index contributed by atoms with van der Waals surface area (Å²) in [7, 11) is -4.10. The topological polar surface area (TPSA) is 133 Å². The molecular formula is C12H16N2O6S. The quantitative estimate of drug-likeness (QED) is 0.572. The van der Waals surface area contributed by atoms with Crippen molar-refractivity contribution in [2.24, 2.45) is 0 Å². The van der Waals surface area contributed by atoms with Gasteiger partial charge in [-0.2, -0.15) is 4.72 Å². The molecule has 8 nitrogen and oxygen atoms in total. The molecule has 0 aliphatic heterocycles. The first kappa shape index (κ1) is 17.1. The molecule has 4 N–H and O–H groups in total. The number of sulfonamides is 1. The van der Waals surface area contributed by atoms with Crippen LogP contribution in [-0.2, 0) is 19.6 Å². The molecule has 0 radical (unpaired) electrons. The van der Waals surface area contributed by atoms with Crippen LogP contribution < -0.4 is 10.0 Å². The largest absolute Gasteiger partial charge is 0.480 e. The highest BCUT2D eigenvalue weighted by Crippen LogP contribution is 2.14. The fourth-order valence-corrected chi connectivity index (χ4v) is 2.77. The molecule has 0 spiro atoms. The fraction of sp³-hybridized carbons (Fsp3) is 0.333. The summed E-state index contributed by atoms with van der Waals surface area (Å²) in [5.74, 6) is -1.78. The Balaban J connectivity index is 2.97. The zero-order valence-electron chi connectivity index (χ0n) is 11.4. The van der Waals surface area contributed by atoms with E-state index in [-0.39, 0.29) is 10.8 Å². The van der Waals surface area contributed by atoms with E-state index in [1.807, 2.05) is 4.72 Å². The number of nitrogens with one attached hydrogen (secondary N) is 2. The molecule has 0 saturated heterocycles. The van der Waals surface area contributed by atoms with Crippen LogP contribution in [0.25, 0.3) is 0 Å². The van der Waals surface area contributed by atoms with Crippen LogP contribution in [0.3, 0.4) is 0 Å². The summed E-state index contributed by atoms with van der Waals surface area (Å²) in [6, 6.07) is 3.52. The Morgan fingerprint density at radius 2 is 1.71 bits per heavy atom. The van der Waals surface area contributed by atoms with E-state index >= 15 is 0 Å². The normalized spacial score (nSPS) is 14.2. The molecule has 1 amide bonds. The lowest BCUT2D eigenvalue weighted by molar-refractivity contribution is -0.141. The maximum absolute atomic E-state index is 12.0. The smallest absolute Gasteiger partial charge is 0.324 e. The van der Waals surface area contributed by atoms with E-state index in [2.05, 4.69) is 5.32 Å². The van der Waals surface area contributed by atoms with Crippen molar-refractivity contribution in [1.82, 2.24) is 4.72 Å². The van der Waals surface area contributed by atoms with E-state index in [9.17, 15) is 23.1 Å². The lowest BCUT2D eigenvalue weighted by Crippen LogP contribution is -2.47. The lowest BCUT2D eigenvalue weighted by atomic mass is 10.2. The third-order valence-electron chi connectivity index (χ3n) is 2.52. The first-order valence-corrected chi connectivity index (χ1v) is 7.42. The van der Waals surface area contributed by atoms with Crippen molar-refractivity contribution in [3.63, 3.8) is 0 Å². The summed E-state index contributed by atoms with van der Waals surface area (Å²) >= 11 is 0. The minimum Gasteiger partial charge on any atom is -0.480 e. The number of aliphatic hydroxyl groups excluding tert-OH is 1. The number of carboxylic acids is 1. The molecule has 21 heavy (non-hydrogen) atoms. The average Bonchev–Trinajstić information content (AvgIpc) is 2.35. The van der Waals surface area contributed by atoms with Crippen LogP contribution >= 0.6 is 0 Å². The molecule has 0 aromatic heterocycles. The standard InChI is InChI=1S/C12H16N2O6S/c1-7(15)11(12(17)18)14-21(19,20)10-5-3-9(4-6-10)13-8(2)16/h3-7,11,14-15H,1-2H3,(H,13,16)(H,17,18)/t7-,11+/m0/s1. The molecule has 0 aliphatic rings. The minimum absolute atomic E-state index is 0.177. The van der Waals surface area contributed by atoms with Gasteiger partial charge in [0.2, 0.25) is 15.9 Å². The Kier molecular flexibility index (Phi) is 5.41. The Bertz CT molecular complexity index is 624. The first-order chi connectivity index (χ1) is 9.63. The molecule has 0 heterocycles. The summed E-state index contributed by atoms with van der Waals surface area (Å²) < 4.78 is 25.9. The van der Waals surface area contributed by atoms with Gasteiger partial charge in [0.25, 0.3) is 0 Å². The second-order valence-corrected chi connectivity index (χ2v) is 6.10. The highest BCUT2D eigenvalue weighted by Gasteiger charge is 2.29. The summed E-state index contributed by atoms with van der Waals surface area (Å²) in [6.07, 6.45) is -1.39. The van der Waals surface area contributed by atoms with Crippen molar-refractivity contribution < 1.29 is 28.2 Å². The SMILES string of the molecule is CC(=O)Nc1ccc(S(=O)(=O)N[C@@H](C(=O)O)[C@H](C)O)cc1. The number of carbonyl (C=O) groups excluding carboxylic acids is 1. The molecule has 0 aliphatic carbocycles. The van der Waals surface area contributed by atoms with Crippen LogP contribution in [-0.4, -0.2) is 42.7 Å². The molecule has 1 rings (SSSR count). The second-order valence-electron chi connectivity index (χ2n) is 4.38. The van der Waals surface area contributed by atoms with Gasteiger partial charge in [-0.3, -0.25) is 9.59 Å². The van der Waals surface area contributed by atoms with E-state index in [0.29, 0.717) is 5.69 Å². The molecule has 1 aromatic rings. The Hall–Kier alpha value is -1.97. The zero-order chi connectivity index (χ0) is 16.2. The van der Waals surface area contributed by atoms with Gasteiger partial charge in [-0.25, -0.2) is 8.42 Å². The van der Waals surface area contributed by atoms with Crippen LogP contribution in [0.1, 0.15) is 13.8 Å². The number of benzene rings is 1.